The van der Waals surface area contributed by atoms with E-state index in [1.165, 1.54) is 18.2 Å². The molecule has 3 aromatic rings. The van der Waals surface area contributed by atoms with E-state index >= 15 is 0 Å². The molecule has 0 aromatic heterocycles. The van der Waals surface area contributed by atoms with Crippen molar-refractivity contribution in [3.63, 3.8) is 0 Å². The molecule has 0 saturated carbocycles. The van der Waals surface area contributed by atoms with Crippen LogP contribution in [-0.4, -0.2) is 44.1 Å². The van der Waals surface area contributed by atoms with Crippen molar-refractivity contribution in [3.05, 3.63) is 113 Å². The van der Waals surface area contributed by atoms with Crippen LogP contribution in [0.5, 0.6) is 5.75 Å². The van der Waals surface area contributed by atoms with Crippen LogP contribution in [0.15, 0.2) is 90.6 Å². The number of nitrogens with one attached hydrogen (secondary N) is 1. The second-order valence-corrected chi connectivity index (χ2v) is 12.4. The normalized spacial score (nSPS) is 13.8. The van der Waals surface area contributed by atoms with Crippen molar-refractivity contribution in [1.82, 2.24) is 5.32 Å². The summed E-state index contributed by atoms with van der Waals surface area (Å²) < 4.78 is 28.7. The number of carbonyl (C=O) groups is 2. The lowest BCUT2D eigenvalue weighted by Crippen LogP contribution is -2.37. The van der Waals surface area contributed by atoms with Crippen LogP contribution in [0.1, 0.15) is 62.8 Å². The summed E-state index contributed by atoms with van der Waals surface area (Å²) in [5.41, 5.74) is 3.79. The van der Waals surface area contributed by atoms with Crippen molar-refractivity contribution >= 4 is 12.1 Å². The monoisotopic (exact) mass is 631 g/mol. The second kappa shape index (κ2) is 18.1. The highest BCUT2D eigenvalue weighted by molar-refractivity contribution is 5.92. The van der Waals surface area contributed by atoms with Crippen LogP contribution in [0.2, 0.25) is 0 Å². The number of benzene rings is 3. The van der Waals surface area contributed by atoms with E-state index in [1.54, 1.807) is 34.0 Å². The maximum atomic E-state index is 12.6. The van der Waals surface area contributed by atoms with Gasteiger partial charge >= 0.3 is 12.1 Å². The number of alkyl carbamates (subject to hydrolysis) is 1. The Balaban J connectivity index is 1.87. The number of amides is 1. The molecule has 8 nitrogen and oxygen atoms in total. The summed E-state index contributed by atoms with van der Waals surface area (Å²) in [6.45, 7) is 10.2. The van der Waals surface area contributed by atoms with Gasteiger partial charge in [0.2, 0.25) is 0 Å². The fraction of sp³-hybridized carbons (Fsp3) is 0.421. The molecule has 0 aliphatic carbocycles. The first kappa shape index (κ1) is 36.3. The zero-order valence-corrected chi connectivity index (χ0v) is 28.2. The molecule has 0 aliphatic heterocycles. The van der Waals surface area contributed by atoms with Crippen molar-refractivity contribution in [1.29, 1.82) is 0 Å². The molecule has 3 aromatic carbocycles. The van der Waals surface area contributed by atoms with Crippen molar-refractivity contribution in [2.45, 2.75) is 84.9 Å². The molecule has 3 rings (SSSR count). The molecule has 3 atom stereocenters. The Kier molecular flexibility index (Phi) is 14.3. The average molecular weight is 632 g/mol. The van der Waals surface area contributed by atoms with Gasteiger partial charge in [-0.2, -0.15) is 0 Å². The lowest BCUT2D eigenvalue weighted by molar-refractivity contribution is -0.136. The van der Waals surface area contributed by atoms with Gasteiger partial charge in [0.25, 0.3) is 0 Å². The van der Waals surface area contributed by atoms with E-state index in [9.17, 15) is 9.59 Å². The summed E-state index contributed by atoms with van der Waals surface area (Å²) in [5, 5.41) is 2.56. The molecule has 0 spiro atoms. The fourth-order valence-corrected chi connectivity index (χ4v) is 5.03. The lowest BCUT2D eigenvalue weighted by atomic mass is 9.87. The van der Waals surface area contributed by atoms with Gasteiger partial charge in [0.05, 0.1) is 39.6 Å². The zero-order chi connectivity index (χ0) is 33.5. The van der Waals surface area contributed by atoms with E-state index in [2.05, 4.69) is 36.5 Å². The van der Waals surface area contributed by atoms with E-state index < -0.39 is 17.7 Å². The first-order valence-corrected chi connectivity index (χ1v) is 15.7. The van der Waals surface area contributed by atoms with Gasteiger partial charge in [-0.25, -0.2) is 9.59 Å². The van der Waals surface area contributed by atoms with Crippen molar-refractivity contribution < 1.29 is 33.3 Å². The molecule has 0 aliphatic rings. The number of ether oxygens (including phenoxy) is 5. The Hall–Kier alpha value is -4.14. The van der Waals surface area contributed by atoms with Gasteiger partial charge in [0, 0.05) is 0 Å². The van der Waals surface area contributed by atoms with Crippen molar-refractivity contribution in [2.75, 3.05) is 14.2 Å². The summed E-state index contributed by atoms with van der Waals surface area (Å²) in [4.78, 5) is 25.0. The second-order valence-electron chi connectivity index (χ2n) is 12.4. The predicted molar refractivity (Wildman–Crippen MR) is 179 cm³/mol. The summed E-state index contributed by atoms with van der Waals surface area (Å²) in [7, 11) is 2.93. The van der Waals surface area contributed by atoms with Crippen LogP contribution in [-0.2, 0) is 43.4 Å². The van der Waals surface area contributed by atoms with Crippen molar-refractivity contribution in [3.8, 4) is 5.75 Å². The molecular formula is C38H49NO7. The van der Waals surface area contributed by atoms with Crippen LogP contribution >= 0.6 is 0 Å². The third-order valence-electron chi connectivity index (χ3n) is 7.43. The van der Waals surface area contributed by atoms with E-state index in [1.807, 2.05) is 61.5 Å². The fourth-order valence-electron chi connectivity index (χ4n) is 5.03. The third-order valence-corrected chi connectivity index (χ3v) is 7.43. The first-order valence-electron chi connectivity index (χ1n) is 15.7. The molecule has 0 unspecified atom stereocenters. The first-order chi connectivity index (χ1) is 22.0. The SMILES string of the molecule is COC(=O)C(=CCC[C@H](Cc1ccc(C)cc1)[C@@H](OCc1ccccc1)[C@H](C)OCc1ccc(OC)cc1)NC(=O)OC(C)(C)C. The number of aryl methyl sites for hydroxylation is 1. The van der Waals surface area contributed by atoms with Gasteiger partial charge in [-0.3, -0.25) is 5.32 Å². The number of carbonyl (C=O) groups excluding carboxylic acids is 2. The van der Waals surface area contributed by atoms with E-state index in [4.69, 9.17) is 23.7 Å². The Labute approximate surface area is 274 Å². The average Bonchev–Trinajstić information content (AvgIpc) is 3.03. The number of esters is 1. The highest BCUT2D eigenvalue weighted by Crippen LogP contribution is 2.27. The minimum atomic E-state index is -0.718. The highest BCUT2D eigenvalue weighted by Gasteiger charge is 2.29. The topological polar surface area (TPSA) is 92.3 Å². The maximum Gasteiger partial charge on any atom is 0.412 e. The number of methoxy groups -OCH3 is 2. The molecule has 248 valence electrons. The van der Waals surface area contributed by atoms with Gasteiger partial charge in [-0.15, -0.1) is 0 Å². The number of allylic oxidation sites excluding steroid dienone is 1. The Morgan fingerprint density at radius 1 is 0.826 bits per heavy atom. The van der Waals surface area contributed by atoms with Gasteiger partial charge < -0.3 is 23.7 Å². The number of hydrogen-bond donors (Lipinski definition) is 1. The van der Waals surface area contributed by atoms with Crippen molar-refractivity contribution in [2.24, 2.45) is 5.92 Å². The summed E-state index contributed by atoms with van der Waals surface area (Å²) in [6, 6.07) is 26.4. The van der Waals surface area contributed by atoms with Crippen LogP contribution < -0.4 is 10.1 Å². The van der Waals surface area contributed by atoms with Crippen LogP contribution in [0.25, 0.3) is 0 Å². The van der Waals surface area contributed by atoms with Crippen LogP contribution in [0.4, 0.5) is 4.79 Å². The lowest BCUT2D eigenvalue weighted by Gasteiger charge is -2.32. The summed E-state index contributed by atoms with van der Waals surface area (Å²) in [6.07, 6.45) is 2.29. The quantitative estimate of drug-likeness (QED) is 0.128. The van der Waals surface area contributed by atoms with Gasteiger partial charge in [0.15, 0.2) is 0 Å². The van der Waals surface area contributed by atoms with Crippen LogP contribution in [0, 0.1) is 12.8 Å². The Morgan fingerprint density at radius 2 is 1.43 bits per heavy atom. The van der Waals surface area contributed by atoms with Gasteiger partial charge in [0.1, 0.15) is 17.0 Å². The van der Waals surface area contributed by atoms with Crippen LogP contribution in [0.3, 0.4) is 0 Å². The maximum absolute atomic E-state index is 12.6. The van der Waals surface area contributed by atoms with E-state index in [0.29, 0.717) is 26.1 Å². The molecule has 0 saturated heterocycles. The van der Waals surface area contributed by atoms with Gasteiger partial charge in [-0.05, 0) is 88.6 Å². The molecule has 1 N–H and O–H groups in total. The Bertz CT molecular complexity index is 1380. The molecule has 0 radical (unpaired) electrons. The minimum Gasteiger partial charge on any atom is -0.497 e. The number of rotatable bonds is 16. The standard InChI is InChI=1S/C38H49NO7/c1-27-16-18-29(19-17-27)24-32(14-11-15-34(36(40)43-7)39-37(41)46-38(3,4)5)35(45-26-30-12-9-8-10-13-30)28(2)44-25-31-20-22-33(42-6)23-21-31/h8-10,12-13,15-23,28,32,35H,11,14,24-26H2,1-7H3,(H,39,41)/t28-,32+,35-/m0/s1. The zero-order valence-electron chi connectivity index (χ0n) is 28.2. The molecular weight excluding hydrogens is 582 g/mol. The molecule has 8 heteroatoms. The molecule has 1 amide bonds. The molecule has 0 fully saturated rings. The number of hydrogen-bond acceptors (Lipinski definition) is 7. The molecule has 0 heterocycles. The smallest absolute Gasteiger partial charge is 0.412 e. The summed E-state index contributed by atoms with van der Waals surface area (Å²) in [5.74, 6) is 0.155. The van der Waals surface area contributed by atoms with Gasteiger partial charge in [-0.1, -0.05) is 78.4 Å². The molecule has 0 bridgehead atoms. The Morgan fingerprint density at radius 3 is 2.04 bits per heavy atom. The van der Waals surface area contributed by atoms with E-state index in [0.717, 1.165) is 23.3 Å². The largest absolute Gasteiger partial charge is 0.497 e. The van der Waals surface area contributed by atoms with E-state index in [-0.39, 0.29) is 23.8 Å². The summed E-state index contributed by atoms with van der Waals surface area (Å²) >= 11 is 0. The highest BCUT2D eigenvalue weighted by atomic mass is 16.6. The predicted octanol–water partition coefficient (Wildman–Crippen LogP) is 7.71. The molecule has 46 heavy (non-hydrogen) atoms. The third kappa shape index (κ3) is 12.7. The minimum absolute atomic E-state index is 0.00830.